The number of nitrogens with one attached hydrogen (secondary N) is 1. The maximum absolute atomic E-state index is 10.9. The van der Waals surface area contributed by atoms with E-state index in [1.54, 1.807) is 0 Å². The fourth-order valence-electron chi connectivity index (χ4n) is 1.93. The highest BCUT2D eigenvalue weighted by atomic mass is 16.4. The minimum absolute atomic E-state index is 0.0205. The lowest BCUT2D eigenvalue weighted by molar-refractivity contribution is 0.0691. The van der Waals surface area contributed by atoms with Crippen LogP contribution in [0.25, 0.3) is 0 Å². The van der Waals surface area contributed by atoms with E-state index in [0.717, 1.165) is 12.8 Å². The fourth-order valence-corrected chi connectivity index (χ4v) is 1.93. The zero-order valence-electron chi connectivity index (χ0n) is 9.52. The van der Waals surface area contributed by atoms with Crippen LogP contribution < -0.4 is 5.32 Å². The van der Waals surface area contributed by atoms with Crippen molar-refractivity contribution < 1.29 is 9.90 Å². The number of carboxylic acid groups (broad SMARTS) is 1. The standard InChI is InChI=1S/C12H15N3O2/c16-12(17)10-11(15-8-7-13-10)14-6-5-9-3-1-2-4-9/h3,7-8H,1-2,4-6H2,(H,14,15)(H,16,17). The van der Waals surface area contributed by atoms with Gasteiger partial charge in [-0.15, -0.1) is 0 Å². The Morgan fingerprint density at radius 2 is 2.24 bits per heavy atom. The molecule has 1 aromatic rings. The molecule has 2 rings (SSSR count). The van der Waals surface area contributed by atoms with E-state index in [0.29, 0.717) is 12.4 Å². The molecular formula is C12H15N3O2. The number of aromatic nitrogens is 2. The second-order valence-electron chi connectivity index (χ2n) is 3.99. The Morgan fingerprint density at radius 1 is 1.41 bits per heavy atom. The van der Waals surface area contributed by atoms with Gasteiger partial charge in [0, 0.05) is 18.9 Å². The van der Waals surface area contributed by atoms with Crippen LogP contribution in [0.3, 0.4) is 0 Å². The molecule has 1 aliphatic rings. The highest BCUT2D eigenvalue weighted by Gasteiger charge is 2.12. The summed E-state index contributed by atoms with van der Waals surface area (Å²) in [6.45, 7) is 0.699. The molecule has 5 heteroatoms. The Bertz CT molecular complexity index is 443. The lowest BCUT2D eigenvalue weighted by Crippen LogP contribution is -2.11. The molecule has 0 unspecified atom stereocenters. The molecule has 90 valence electrons. The number of carbonyl (C=O) groups is 1. The first-order valence-electron chi connectivity index (χ1n) is 5.73. The van der Waals surface area contributed by atoms with Crippen LogP contribution in [0, 0.1) is 0 Å². The third-order valence-corrected chi connectivity index (χ3v) is 2.77. The van der Waals surface area contributed by atoms with Gasteiger partial charge in [-0.3, -0.25) is 0 Å². The number of nitrogens with zero attached hydrogens (tertiary/aromatic N) is 2. The molecule has 2 N–H and O–H groups in total. The smallest absolute Gasteiger partial charge is 0.358 e. The van der Waals surface area contributed by atoms with Crippen LogP contribution in [0.4, 0.5) is 5.82 Å². The van der Waals surface area contributed by atoms with Crippen molar-refractivity contribution in [3.8, 4) is 0 Å². The quantitative estimate of drug-likeness (QED) is 0.761. The SMILES string of the molecule is O=C(O)c1nccnc1NCCC1=CCCC1. The van der Waals surface area contributed by atoms with Gasteiger partial charge in [0.1, 0.15) is 0 Å². The summed E-state index contributed by atoms with van der Waals surface area (Å²) in [5.74, 6) is -0.709. The number of carboxylic acids is 1. The first kappa shape index (κ1) is 11.6. The van der Waals surface area contributed by atoms with Crippen molar-refractivity contribution in [2.75, 3.05) is 11.9 Å². The summed E-state index contributed by atoms with van der Waals surface area (Å²) in [6.07, 6.45) is 9.64. The summed E-state index contributed by atoms with van der Waals surface area (Å²) < 4.78 is 0. The Kier molecular flexibility index (Phi) is 3.69. The summed E-state index contributed by atoms with van der Waals surface area (Å²) in [5.41, 5.74) is 1.42. The van der Waals surface area contributed by atoms with Crippen LogP contribution in [-0.2, 0) is 0 Å². The largest absolute Gasteiger partial charge is 0.476 e. The second-order valence-corrected chi connectivity index (χ2v) is 3.99. The molecule has 0 bridgehead atoms. The van der Waals surface area contributed by atoms with Crippen LogP contribution >= 0.6 is 0 Å². The minimum Gasteiger partial charge on any atom is -0.476 e. The maximum atomic E-state index is 10.9. The molecule has 0 saturated carbocycles. The van der Waals surface area contributed by atoms with Crippen molar-refractivity contribution >= 4 is 11.8 Å². The number of anilines is 1. The van der Waals surface area contributed by atoms with Crippen LogP contribution in [0.1, 0.15) is 36.2 Å². The zero-order valence-corrected chi connectivity index (χ0v) is 9.52. The highest BCUT2D eigenvalue weighted by Crippen LogP contribution is 2.20. The molecule has 5 nitrogen and oxygen atoms in total. The third kappa shape index (κ3) is 3.03. The molecule has 1 heterocycles. The number of aromatic carboxylic acids is 1. The van der Waals surface area contributed by atoms with E-state index in [1.165, 1.54) is 30.8 Å². The summed E-state index contributed by atoms with van der Waals surface area (Å²) in [5, 5.41) is 11.9. The van der Waals surface area contributed by atoms with Crippen LogP contribution in [0.2, 0.25) is 0 Å². The number of hydrogen-bond acceptors (Lipinski definition) is 4. The highest BCUT2D eigenvalue weighted by molar-refractivity contribution is 5.90. The lowest BCUT2D eigenvalue weighted by Gasteiger charge is -2.07. The molecule has 0 amide bonds. The van der Waals surface area contributed by atoms with Gasteiger partial charge in [-0.05, 0) is 25.7 Å². The van der Waals surface area contributed by atoms with Crippen molar-refractivity contribution in [1.29, 1.82) is 0 Å². The van der Waals surface area contributed by atoms with Gasteiger partial charge in [0.05, 0.1) is 0 Å². The number of allylic oxidation sites excluding steroid dienone is 1. The van der Waals surface area contributed by atoms with E-state index in [2.05, 4.69) is 21.4 Å². The molecule has 0 spiro atoms. The average Bonchev–Trinajstić information content (AvgIpc) is 2.82. The summed E-state index contributed by atoms with van der Waals surface area (Å²) in [6, 6.07) is 0. The van der Waals surface area contributed by atoms with Crippen molar-refractivity contribution in [3.63, 3.8) is 0 Å². The monoisotopic (exact) mass is 233 g/mol. The molecule has 0 atom stereocenters. The molecular weight excluding hydrogens is 218 g/mol. The van der Waals surface area contributed by atoms with Gasteiger partial charge in [-0.2, -0.15) is 0 Å². The first-order chi connectivity index (χ1) is 8.27. The van der Waals surface area contributed by atoms with Crippen LogP contribution in [0.5, 0.6) is 0 Å². The molecule has 1 aromatic heterocycles. The van der Waals surface area contributed by atoms with Crippen LogP contribution in [0.15, 0.2) is 24.0 Å². The van der Waals surface area contributed by atoms with E-state index in [-0.39, 0.29) is 5.69 Å². The molecule has 17 heavy (non-hydrogen) atoms. The topological polar surface area (TPSA) is 75.1 Å². The second kappa shape index (κ2) is 5.43. The lowest BCUT2D eigenvalue weighted by atomic mass is 10.2. The third-order valence-electron chi connectivity index (χ3n) is 2.77. The van der Waals surface area contributed by atoms with Crippen molar-refractivity contribution in [3.05, 3.63) is 29.7 Å². The predicted molar refractivity (Wildman–Crippen MR) is 64.0 cm³/mol. The van der Waals surface area contributed by atoms with Crippen molar-refractivity contribution in [2.45, 2.75) is 25.7 Å². The van der Waals surface area contributed by atoms with Crippen molar-refractivity contribution in [2.24, 2.45) is 0 Å². The van der Waals surface area contributed by atoms with Gasteiger partial charge < -0.3 is 10.4 Å². The molecule has 0 saturated heterocycles. The molecule has 0 radical (unpaired) electrons. The van der Waals surface area contributed by atoms with Gasteiger partial charge in [-0.25, -0.2) is 14.8 Å². The van der Waals surface area contributed by atoms with E-state index < -0.39 is 5.97 Å². The Balaban J connectivity index is 1.92. The molecule has 0 aromatic carbocycles. The van der Waals surface area contributed by atoms with Gasteiger partial charge in [-0.1, -0.05) is 11.6 Å². The van der Waals surface area contributed by atoms with Gasteiger partial charge in [0.2, 0.25) is 0 Å². The van der Waals surface area contributed by atoms with E-state index in [9.17, 15) is 4.79 Å². The fraction of sp³-hybridized carbons (Fsp3) is 0.417. The minimum atomic E-state index is -1.05. The first-order valence-corrected chi connectivity index (χ1v) is 5.73. The maximum Gasteiger partial charge on any atom is 0.358 e. The summed E-state index contributed by atoms with van der Waals surface area (Å²) >= 11 is 0. The Hall–Kier alpha value is -1.91. The zero-order chi connectivity index (χ0) is 12.1. The normalized spacial score (nSPS) is 14.5. The van der Waals surface area contributed by atoms with Gasteiger partial charge in [0.15, 0.2) is 11.5 Å². The Labute approximate surface area is 99.6 Å². The van der Waals surface area contributed by atoms with E-state index in [4.69, 9.17) is 5.11 Å². The van der Waals surface area contributed by atoms with Gasteiger partial charge >= 0.3 is 5.97 Å². The molecule has 1 aliphatic carbocycles. The predicted octanol–water partition coefficient (Wildman–Crippen LogP) is 2.09. The van der Waals surface area contributed by atoms with Gasteiger partial charge in [0.25, 0.3) is 0 Å². The van der Waals surface area contributed by atoms with E-state index >= 15 is 0 Å². The summed E-state index contributed by atoms with van der Waals surface area (Å²) in [7, 11) is 0. The van der Waals surface area contributed by atoms with Crippen LogP contribution in [-0.4, -0.2) is 27.6 Å². The Morgan fingerprint density at radius 3 is 2.94 bits per heavy atom. The molecule has 0 aliphatic heterocycles. The van der Waals surface area contributed by atoms with E-state index in [1.807, 2.05) is 0 Å². The molecule has 0 fully saturated rings. The number of hydrogen-bond donors (Lipinski definition) is 2. The van der Waals surface area contributed by atoms with Crippen molar-refractivity contribution in [1.82, 2.24) is 9.97 Å². The number of rotatable bonds is 5. The average molecular weight is 233 g/mol. The summed E-state index contributed by atoms with van der Waals surface area (Å²) in [4.78, 5) is 18.7.